The summed E-state index contributed by atoms with van der Waals surface area (Å²) in [4.78, 5) is 31.1. The molecule has 1 unspecified atom stereocenters. The quantitative estimate of drug-likeness (QED) is 0.253. The highest BCUT2D eigenvalue weighted by Gasteiger charge is 2.47. The number of para-hydroxylation sites is 2. The van der Waals surface area contributed by atoms with E-state index in [1.54, 1.807) is 19.4 Å². The fraction of sp³-hybridized carbons (Fsp3) is 0.111. The fourth-order valence-corrected chi connectivity index (χ4v) is 4.47. The number of rotatable bonds is 5. The van der Waals surface area contributed by atoms with Crippen LogP contribution >= 0.6 is 0 Å². The number of nitrogens with one attached hydrogen (secondary N) is 1. The molecule has 1 amide bonds. The molecular formula is C27H21FN2O4. The van der Waals surface area contributed by atoms with Gasteiger partial charge in [0.2, 0.25) is 0 Å². The Hall–Kier alpha value is -4.39. The van der Waals surface area contributed by atoms with Crippen molar-refractivity contribution in [2.24, 2.45) is 0 Å². The number of ether oxygens (including phenoxy) is 1. The van der Waals surface area contributed by atoms with Gasteiger partial charge in [-0.05, 0) is 36.4 Å². The third-order valence-electron chi connectivity index (χ3n) is 6.11. The number of carbonyl (C=O) groups excluding carboxylic acids is 2. The number of aliphatic hydroxyl groups is 1. The Labute approximate surface area is 194 Å². The second-order valence-electron chi connectivity index (χ2n) is 8.04. The summed E-state index contributed by atoms with van der Waals surface area (Å²) in [5.74, 6) is -1.77. The van der Waals surface area contributed by atoms with E-state index in [4.69, 9.17) is 4.74 Å². The first-order valence-electron chi connectivity index (χ1n) is 10.7. The zero-order chi connectivity index (χ0) is 23.8. The van der Waals surface area contributed by atoms with Crippen LogP contribution in [-0.2, 0) is 16.1 Å². The van der Waals surface area contributed by atoms with Crippen LogP contribution in [0.4, 0.5) is 4.39 Å². The van der Waals surface area contributed by atoms with Crippen molar-refractivity contribution in [2.75, 3.05) is 7.11 Å². The number of hydrogen-bond acceptors (Lipinski definition) is 4. The van der Waals surface area contributed by atoms with Gasteiger partial charge in [0.1, 0.15) is 17.3 Å². The molecule has 1 fully saturated rings. The Balaban J connectivity index is 1.71. The smallest absolute Gasteiger partial charge is 0.295 e. The molecule has 0 spiro atoms. The lowest BCUT2D eigenvalue weighted by Gasteiger charge is -2.25. The Morgan fingerprint density at radius 2 is 1.74 bits per heavy atom. The van der Waals surface area contributed by atoms with Crippen LogP contribution in [0.2, 0.25) is 0 Å². The number of H-pyrrole nitrogens is 1. The first-order valence-corrected chi connectivity index (χ1v) is 10.7. The zero-order valence-electron chi connectivity index (χ0n) is 18.3. The number of fused-ring (bicyclic) bond motifs is 1. The highest BCUT2D eigenvalue weighted by atomic mass is 19.1. The summed E-state index contributed by atoms with van der Waals surface area (Å²) in [6.45, 7) is 0.0962. The van der Waals surface area contributed by atoms with Gasteiger partial charge in [0.15, 0.2) is 0 Å². The van der Waals surface area contributed by atoms with E-state index in [0.717, 1.165) is 16.5 Å². The van der Waals surface area contributed by atoms with Gasteiger partial charge in [-0.3, -0.25) is 9.59 Å². The lowest BCUT2D eigenvalue weighted by Crippen LogP contribution is -2.29. The van der Waals surface area contributed by atoms with Crippen LogP contribution < -0.4 is 4.74 Å². The van der Waals surface area contributed by atoms with E-state index in [2.05, 4.69) is 4.98 Å². The highest BCUT2D eigenvalue weighted by molar-refractivity contribution is 6.46. The fourth-order valence-electron chi connectivity index (χ4n) is 4.47. The maximum absolute atomic E-state index is 13.5. The van der Waals surface area contributed by atoms with Gasteiger partial charge in [-0.15, -0.1) is 0 Å². The Morgan fingerprint density at radius 1 is 1.03 bits per heavy atom. The number of amides is 1. The van der Waals surface area contributed by atoms with Crippen LogP contribution in [0.1, 0.15) is 22.7 Å². The standard InChI is InChI=1S/C27H21FN2O4/c1-34-22-9-5-2-6-17(22)15-30-24(20-14-29-21-8-4-3-7-19(20)21)23(26(32)27(30)33)25(31)16-10-12-18(28)13-11-16/h2-14,24,29,31H,15H2,1H3/b25-23+. The van der Waals surface area contributed by atoms with Gasteiger partial charge >= 0.3 is 0 Å². The van der Waals surface area contributed by atoms with E-state index in [9.17, 15) is 19.1 Å². The Morgan fingerprint density at radius 3 is 2.50 bits per heavy atom. The summed E-state index contributed by atoms with van der Waals surface area (Å²) in [5, 5.41) is 12.0. The summed E-state index contributed by atoms with van der Waals surface area (Å²) >= 11 is 0. The summed E-state index contributed by atoms with van der Waals surface area (Å²) in [6, 6.07) is 19.1. The first kappa shape index (κ1) is 21.5. The minimum Gasteiger partial charge on any atom is -0.507 e. The topological polar surface area (TPSA) is 82.6 Å². The number of ketones is 1. The van der Waals surface area contributed by atoms with Crippen molar-refractivity contribution < 1.29 is 23.8 Å². The number of methoxy groups -OCH3 is 1. The SMILES string of the molecule is COc1ccccc1CN1C(=O)C(=O)/C(=C(/O)c2ccc(F)cc2)C1c1c[nH]c2ccccc12. The third kappa shape index (κ3) is 3.51. The van der Waals surface area contributed by atoms with Crippen molar-refractivity contribution >= 4 is 28.4 Å². The van der Waals surface area contributed by atoms with Gasteiger partial charge in [0.05, 0.1) is 25.3 Å². The highest BCUT2D eigenvalue weighted by Crippen LogP contribution is 2.43. The molecule has 0 aliphatic carbocycles. The molecule has 0 bridgehead atoms. The molecule has 7 heteroatoms. The van der Waals surface area contributed by atoms with Gasteiger partial charge in [-0.1, -0.05) is 36.4 Å². The lowest BCUT2D eigenvalue weighted by molar-refractivity contribution is -0.140. The van der Waals surface area contributed by atoms with E-state index in [0.29, 0.717) is 11.3 Å². The molecule has 1 saturated heterocycles. The number of Topliss-reactive ketones (excluding diaryl/α,β-unsaturated/α-hetero) is 1. The van der Waals surface area contributed by atoms with Crippen LogP contribution in [-0.4, -0.2) is 33.8 Å². The molecule has 4 aromatic rings. The predicted molar refractivity (Wildman–Crippen MR) is 126 cm³/mol. The number of halogens is 1. The molecule has 6 nitrogen and oxygen atoms in total. The van der Waals surface area contributed by atoms with Crippen LogP contribution in [0.3, 0.4) is 0 Å². The summed E-state index contributed by atoms with van der Waals surface area (Å²) in [7, 11) is 1.54. The van der Waals surface area contributed by atoms with Crippen molar-refractivity contribution in [1.29, 1.82) is 0 Å². The molecule has 1 aliphatic rings. The number of nitrogens with zero attached hydrogens (tertiary/aromatic N) is 1. The van der Waals surface area contributed by atoms with E-state index in [1.807, 2.05) is 42.5 Å². The molecule has 0 radical (unpaired) electrons. The van der Waals surface area contributed by atoms with Gasteiger partial charge in [0, 0.05) is 33.8 Å². The largest absolute Gasteiger partial charge is 0.507 e. The summed E-state index contributed by atoms with van der Waals surface area (Å²) < 4.78 is 18.9. The number of carbonyl (C=O) groups is 2. The van der Waals surface area contributed by atoms with E-state index < -0.39 is 23.5 Å². The van der Waals surface area contributed by atoms with Crippen molar-refractivity contribution in [3.8, 4) is 5.75 Å². The van der Waals surface area contributed by atoms with Crippen molar-refractivity contribution in [1.82, 2.24) is 9.88 Å². The second kappa shape index (κ2) is 8.51. The molecule has 5 rings (SSSR count). The number of hydrogen-bond donors (Lipinski definition) is 2. The normalized spacial score (nSPS) is 17.5. The molecule has 2 heterocycles. The molecule has 1 aromatic heterocycles. The van der Waals surface area contributed by atoms with Gasteiger partial charge in [0.25, 0.3) is 11.7 Å². The van der Waals surface area contributed by atoms with Crippen molar-refractivity contribution in [2.45, 2.75) is 12.6 Å². The van der Waals surface area contributed by atoms with E-state index in [-0.39, 0.29) is 23.4 Å². The van der Waals surface area contributed by atoms with Gasteiger partial charge in [-0.2, -0.15) is 0 Å². The number of aromatic amines is 1. The third-order valence-corrected chi connectivity index (χ3v) is 6.11. The molecular weight excluding hydrogens is 435 g/mol. The number of likely N-dealkylation sites (tertiary alicyclic amines) is 1. The zero-order valence-corrected chi connectivity index (χ0v) is 18.3. The van der Waals surface area contributed by atoms with E-state index in [1.165, 1.54) is 29.2 Å². The molecule has 0 saturated carbocycles. The number of benzene rings is 3. The van der Waals surface area contributed by atoms with Gasteiger partial charge < -0.3 is 19.7 Å². The molecule has 2 N–H and O–H groups in total. The van der Waals surface area contributed by atoms with Crippen LogP contribution in [0.15, 0.2) is 84.6 Å². The molecule has 3 aromatic carbocycles. The number of aromatic nitrogens is 1. The minimum atomic E-state index is -0.855. The monoisotopic (exact) mass is 456 g/mol. The minimum absolute atomic E-state index is 0.0451. The van der Waals surface area contributed by atoms with Crippen molar-refractivity contribution in [3.05, 3.63) is 107 Å². The maximum Gasteiger partial charge on any atom is 0.295 e. The average molecular weight is 456 g/mol. The molecule has 170 valence electrons. The van der Waals surface area contributed by atoms with Crippen LogP contribution in [0.25, 0.3) is 16.7 Å². The maximum atomic E-state index is 13.5. The Kier molecular flexibility index (Phi) is 5.37. The lowest BCUT2D eigenvalue weighted by atomic mass is 9.94. The van der Waals surface area contributed by atoms with Gasteiger partial charge in [-0.25, -0.2) is 4.39 Å². The first-order chi connectivity index (χ1) is 16.5. The average Bonchev–Trinajstić information content (AvgIpc) is 3.39. The van der Waals surface area contributed by atoms with E-state index >= 15 is 0 Å². The molecule has 1 aliphatic heterocycles. The Bertz CT molecular complexity index is 1440. The van der Waals surface area contributed by atoms with Crippen molar-refractivity contribution in [3.63, 3.8) is 0 Å². The van der Waals surface area contributed by atoms with Crippen LogP contribution in [0, 0.1) is 5.82 Å². The molecule has 34 heavy (non-hydrogen) atoms. The predicted octanol–water partition coefficient (Wildman–Crippen LogP) is 4.94. The summed E-state index contributed by atoms with van der Waals surface area (Å²) in [6.07, 6.45) is 1.74. The summed E-state index contributed by atoms with van der Waals surface area (Å²) in [5.41, 5.74) is 2.44. The second-order valence-corrected chi connectivity index (χ2v) is 8.04. The molecule has 1 atom stereocenters. The van der Waals surface area contributed by atoms with Crippen LogP contribution in [0.5, 0.6) is 5.75 Å². The number of aliphatic hydroxyl groups excluding tert-OH is 1.